The maximum absolute atomic E-state index is 13.4. The molecule has 1 aliphatic heterocycles. The van der Waals surface area contributed by atoms with Crippen molar-refractivity contribution in [3.05, 3.63) is 53.9 Å². The maximum Gasteiger partial charge on any atom is 0.258 e. The molecule has 0 spiro atoms. The Morgan fingerprint density at radius 2 is 2.03 bits per heavy atom. The molecule has 0 radical (unpaired) electrons. The lowest BCUT2D eigenvalue weighted by molar-refractivity contribution is 0.0363. The second-order valence-electron chi connectivity index (χ2n) is 8.29. The normalized spacial score (nSPS) is 19.8. The minimum atomic E-state index is -0.337. The molecule has 31 heavy (non-hydrogen) atoms. The molecule has 3 rings (SSSR count). The van der Waals surface area contributed by atoms with Crippen LogP contribution in [0.5, 0.6) is 5.75 Å². The molecule has 2 N–H and O–H groups in total. The first-order valence-electron chi connectivity index (χ1n) is 10.4. The van der Waals surface area contributed by atoms with E-state index in [0.717, 1.165) is 0 Å². The van der Waals surface area contributed by atoms with Gasteiger partial charge in [0.05, 0.1) is 18.2 Å². The molecule has 8 nitrogen and oxygen atoms in total. The third-order valence-corrected chi connectivity index (χ3v) is 5.41. The lowest BCUT2D eigenvalue weighted by Crippen LogP contribution is -2.49. The Bertz CT molecular complexity index is 919. The second-order valence-corrected chi connectivity index (χ2v) is 8.29. The van der Waals surface area contributed by atoms with E-state index in [2.05, 4.69) is 10.3 Å². The molecule has 0 saturated carbocycles. The number of hydrogen-bond donors (Lipinski definition) is 2. The van der Waals surface area contributed by atoms with Crippen molar-refractivity contribution in [1.82, 2.24) is 14.8 Å². The first kappa shape index (κ1) is 22.7. The number of aliphatic hydroxyl groups is 1. The van der Waals surface area contributed by atoms with Crippen LogP contribution in [-0.4, -0.2) is 77.6 Å². The van der Waals surface area contributed by atoms with Gasteiger partial charge in [0.15, 0.2) is 0 Å². The van der Waals surface area contributed by atoms with E-state index in [1.807, 2.05) is 32.8 Å². The van der Waals surface area contributed by atoms with Gasteiger partial charge in [-0.3, -0.25) is 14.6 Å². The first-order chi connectivity index (χ1) is 14.8. The van der Waals surface area contributed by atoms with Crippen LogP contribution in [-0.2, 0) is 0 Å². The van der Waals surface area contributed by atoms with Gasteiger partial charge in [0, 0.05) is 42.7 Å². The molecule has 0 bridgehead atoms. The highest BCUT2D eigenvalue weighted by Gasteiger charge is 2.33. The van der Waals surface area contributed by atoms with Crippen LogP contribution in [0.25, 0.3) is 0 Å². The summed E-state index contributed by atoms with van der Waals surface area (Å²) in [6, 6.07) is 7.99. The number of carbonyl (C=O) groups is 2. The number of hydrogen-bond acceptors (Lipinski definition) is 6. The van der Waals surface area contributed by atoms with Crippen molar-refractivity contribution in [2.24, 2.45) is 5.92 Å². The third kappa shape index (κ3) is 5.39. The number of nitrogens with zero attached hydrogens (tertiary/aromatic N) is 3. The average Bonchev–Trinajstić information content (AvgIpc) is 2.76. The van der Waals surface area contributed by atoms with Crippen LogP contribution < -0.4 is 10.1 Å². The van der Waals surface area contributed by atoms with Gasteiger partial charge in [-0.25, -0.2) is 0 Å². The average molecular weight is 427 g/mol. The zero-order chi connectivity index (χ0) is 22.5. The monoisotopic (exact) mass is 426 g/mol. The number of likely N-dealkylation sites (N-methyl/N-ethyl adjacent to an activating group) is 1. The Morgan fingerprint density at radius 1 is 1.32 bits per heavy atom. The summed E-state index contributed by atoms with van der Waals surface area (Å²) in [4.78, 5) is 33.5. The van der Waals surface area contributed by atoms with Crippen LogP contribution in [0.15, 0.2) is 42.7 Å². The molecule has 2 amide bonds. The second kappa shape index (κ2) is 9.89. The number of anilines is 1. The number of rotatable bonds is 6. The Kier molecular flexibility index (Phi) is 7.25. The van der Waals surface area contributed by atoms with Crippen LogP contribution in [0, 0.1) is 5.92 Å². The Balaban J connectivity index is 1.95. The zero-order valence-electron chi connectivity index (χ0n) is 18.4. The van der Waals surface area contributed by atoms with Crippen molar-refractivity contribution in [3.63, 3.8) is 0 Å². The van der Waals surface area contributed by atoms with Gasteiger partial charge in [-0.1, -0.05) is 6.92 Å². The number of amides is 2. The van der Waals surface area contributed by atoms with Crippen molar-refractivity contribution < 1.29 is 19.4 Å². The molecule has 1 aliphatic rings. The van der Waals surface area contributed by atoms with Crippen LogP contribution in [0.4, 0.5) is 5.69 Å². The number of aliphatic hydroxyl groups excluding tert-OH is 1. The van der Waals surface area contributed by atoms with Crippen LogP contribution in [0.1, 0.15) is 34.6 Å². The van der Waals surface area contributed by atoms with Gasteiger partial charge >= 0.3 is 0 Å². The van der Waals surface area contributed by atoms with E-state index in [1.54, 1.807) is 47.6 Å². The number of ether oxygens (including phenoxy) is 1. The minimum absolute atomic E-state index is 0.0690. The maximum atomic E-state index is 13.4. The molecule has 0 unspecified atom stereocenters. The standard InChI is InChI=1S/C23H30N4O4/c1-15-12-27(16(2)14-28)23(30)19-11-18(25-22(29)17-7-9-24-10-8-17)5-6-20(19)31-21(15)13-26(3)4/h5-11,15-16,21,28H,12-14H2,1-4H3,(H,25,29)/t15-,16-,21+/m1/s1. The SMILES string of the molecule is C[C@@H]1CN([C@H](C)CO)C(=O)c2cc(NC(=O)c3ccncc3)ccc2O[C@H]1CN(C)C. The predicted molar refractivity (Wildman–Crippen MR) is 118 cm³/mol. The van der Waals surface area contributed by atoms with Crippen molar-refractivity contribution in [2.75, 3.05) is 39.1 Å². The smallest absolute Gasteiger partial charge is 0.258 e. The van der Waals surface area contributed by atoms with Crippen molar-refractivity contribution >= 4 is 17.5 Å². The molecule has 1 aromatic carbocycles. The van der Waals surface area contributed by atoms with E-state index in [4.69, 9.17) is 4.74 Å². The van der Waals surface area contributed by atoms with Gasteiger partial charge < -0.3 is 25.0 Å². The summed E-state index contributed by atoms with van der Waals surface area (Å²) in [5.74, 6) is 0.0213. The molecule has 2 heterocycles. The summed E-state index contributed by atoms with van der Waals surface area (Å²) in [6.45, 7) is 4.89. The molecule has 1 aromatic heterocycles. The van der Waals surface area contributed by atoms with Crippen LogP contribution in [0.3, 0.4) is 0 Å². The zero-order valence-corrected chi connectivity index (χ0v) is 18.4. The Hall–Kier alpha value is -2.97. The molecule has 0 saturated heterocycles. The third-order valence-electron chi connectivity index (χ3n) is 5.41. The van der Waals surface area contributed by atoms with E-state index in [9.17, 15) is 14.7 Å². The predicted octanol–water partition coefficient (Wildman–Crippen LogP) is 2.12. The van der Waals surface area contributed by atoms with E-state index >= 15 is 0 Å². The highest BCUT2D eigenvalue weighted by Crippen LogP contribution is 2.30. The van der Waals surface area contributed by atoms with Crippen molar-refractivity contribution in [1.29, 1.82) is 0 Å². The summed E-state index contributed by atoms with van der Waals surface area (Å²) in [5.41, 5.74) is 1.33. The van der Waals surface area contributed by atoms with E-state index in [0.29, 0.717) is 35.7 Å². The summed E-state index contributed by atoms with van der Waals surface area (Å²) in [7, 11) is 3.96. The molecule has 166 valence electrons. The number of carbonyl (C=O) groups excluding carboxylic acids is 2. The fourth-order valence-corrected chi connectivity index (χ4v) is 3.58. The fraction of sp³-hybridized carbons (Fsp3) is 0.435. The fourth-order valence-electron chi connectivity index (χ4n) is 3.58. The molecule has 0 fully saturated rings. The largest absolute Gasteiger partial charge is 0.488 e. The summed E-state index contributed by atoms with van der Waals surface area (Å²) in [6.07, 6.45) is 2.97. The molecule has 2 aromatic rings. The van der Waals surface area contributed by atoms with Crippen molar-refractivity contribution in [2.45, 2.75) is 26.0 Å². The molecular weight excluding hydrogens is 396 g/mol. The first-order valence-corrected chi connectivity index (χ1v) is 10.4. The number of fused-ring (bicyclic) bond motifs is 1. The van der Waals surface area contributed by atoms with Crippen LogP contribution >= 0.6 is 0 Å². The van der Waals surface area contributed by atoms with E-state index in [-0.39, 0.29) is 36.5 Å². The molecule has 3 atom stereocenters. The van der Waals surface area contributed by atoms with Gasteiger partial charge in [-0.2, -0.15) is 0 Å². The summed E-state index contributed by atoms with van der Waals surface area (Å²) in [5, 5.41) is 12.5. The number of aromatic nitrogens is 1. The van der Waals surface area contributed by atoms with E-state index in [1.165, 1.54) is 0 Å². The topological polar surface area (TPSA) is 95.0 Å². The Morgan fingerprint density at radius 3 is 2.68 bits per heavy atom. The quantitative estimate of drug-likeness (QED) is 0.735. The van der Waals surface area contributed by atoms with E-state index < -0.39 is 0 Å². The molecule has 8 heteroatoms. The van der Waals surface area contributed by atoms with Gasteiger partial charge in [0.1, 0.15) is 11.9 Å². The lowest BCUT2D eigenvalue weighted by atomic mass is 9.99. The van der Waals surface area contributed by atoms with Crippen LogP contribution in [0.2, 0.25) is 0 Å². The number of benzene rings is 1. The van der Waals surface area contributed by atoms with Gasteiger partial charge in [-0.05, 0) is 51.4 Å². The molecular formula is C23H30N4O4. The summed E-state index contributed by atoms with van der Waals surface area (Å²) >= 11 is 0. The van der Waals surface area contributed by atoms with Gasteiger partial charge in [0.25, 0.3) is 11.8 Å². The van der Waals surface area contributed by atoms with Gasteiger partial charge in [-0.15, -0.1) is 0 Å². The number of nitrogens with one attached hydrogen (secondary N) is 1. The Labute approximate surface area is 182 Å². The lowest BCUT2D eigenvalue weighted by Gasteiger charge is -2.37. The highest BCUT2D eigenvalue weighted by molar-refractivity contribution is 6.05. The van der Waals surface area contributed by atoms with Crippen molar-refractivity contribution in [3.8, 4) is 5.75 Å². The van der Waals surface area contributed by atoms with Gasteiger partial charge in [0.2, 0.25) is 0 Å². The highest BCUT2D eigenvalue weighted by atomic mass is 16.5. The summed E-state index contributed by atoms with van der Waals surface area (Å²) < 4.78 is 6.26. The molecule has 0 aliphatic carbocycles. The number of pyridine rings is 1. The minimum Gasteiger partial charge on any atom is -0.488 e.